The fourth-order valence-corrected chi connectivity index (χ4v) is 2.64. The van der Waals surface area contributed by atoms with Crippen LogP contribution in [0, 0.1) is 5.92 Å². The van der Waals surface area contributed by atoms with E-state index < -0.39 is 11.9 Å². The molecule has 0 aliphatic heterocycles. The van der Waals surface area contributed by atoms with Crippen LogP contribution in [0.1, 0.15) is 84.5 Å². The monoisotopic (exact) mass is 384 g/mol. The van der Waals surface area contributed by atoms with Crippen LogP contribution in [0.15, 0.2) is 12.2 Å². The minimum atomic E-state index is -0.506. The van der Waals surface area contributed by atoms with E-state index in [0.717, 1.165) is 37.8 Å². The van der Waals surface area contributed by atoms with E-state index >= 15 is 0 Å². The fourth-order valence-electron chi connectivity index (χ4n) is 2.64. The summed E-state index contributed by atoms with van der Waals surface area (Å²) in [6, 6.07) is 0. The Hall–Kier alpha value is -1.36. The Morgan fingerprint density at radius 2 is 1.22 bits per heavy atom. The summed E-state index contributed by atoms with van der Waals surface area (Å²) < 4.78 is 15.2. The van der Waals surface area contributed by atoms with Crippen molar-refractivity contribution in [1.82, 2.24) is 0 Å². The third-order valence-corrected chi connectivity index (χ3v) is 4.52. The van der Waals surface area contributed by atoms with Crippen LogP contribution in [0.3, 0.4) is 0 Å². The number of carbonyl (C=O) groups is 2. The van der Waals surface area contributed by atoms with Crippen molar-refractivity contribution < 1.29 is 23.8 Å². The van der Waals surface area contributed by atoms with Crippen molar-refractivity contribution in [2.45, 2.75) is 84.5 Å². The van der Waals surface area contributed by atoms with Gasteiger partial charge in [-0.15, -0.1) is 0 Å². The SMILES string of the molecule is CCCCCCCCCCCOC(=O)/C=C/C(=O)OCCC(C)CCOC. The maximum absolute atomic E-state index is 11.6. The number of hydrogen-bond donors (Lipinski definition) is 0. The molecule has 0 aliphatic rings. The van der Waals surface area contributed by atoms with Crippen molar-refractivity contribution in [3.63, 3.8) is 0 Å². The molecule has 0 radical (unpaired) electrons. The van der Waals surface area contributed by atoms with Crippen molar-refractivity contribution in [3.8, 4) is 0 Å². The van der Waals surface area contributed by atoms with Gasteiger partial charge in [0.1, 0.15) is 0 Å². The number of hydrogen-bond acceptors (Lipinski definition) is 5. The predicted octanol–water partition coefficient (Wildman–Crippen LogP) is 5.22. The topological polar surface area (TPSA) is 61.8 Å². The molecule has 0 saturated heterocycles. The summed E-state index contributed by atoms with van der Waals surface area (Å²) in [6.45, 7) is 5.78. The van der Waals surface area contributed by atoms with Crippen LogP contribution in [-0.4, -0.2) is 38.9 Å². The Morgan fingerprint density at radius 3 is 1.78 bits per heavy atom. The zero-order valence-corrected chi connectivity index (χ0v) is 17.7. The van der Waals surface area contributed by atoms with Crippen molar-refractivity contribution in [2.75, 3.05) is 26.9 Å². The minimum absolute atomic E-state index is 0.349. The standard InChI is InChI=1S/C22H40O5/c1-4-5-6-7-8-9-10-11-12-17-26-21(23)13-14-22(24)27-19-16-20(2)15-18-25-3/h13-14,20H,4-12,15-19H2,1-3H3/b14-13+. The van der Waals surface area contributed by atoms with E-state index in [1.54, 1.807) is 7.11 Å². The van der Waals surface area contributed by atoms with Crippen molar-refractivity contribution in [1.29, 1.82) is 0 Å². The average Bonchev–Trinajstić information content (AvgIpc) is 2.66. The van der Waals surface area contributed by atoms with Gasteiger partial charge in [-0.25, -0.2) is 9.59 Å². The van der Waals surface area contributed by atoms with Crippen LogP contribution in [0.25, 0.3) is 0 Å². The summed E-state index contributed by atoms with van der Waals surface area (Å²) in [4.78, 5) is 23.1. The van der Waals surface area contributed by atoms with Crippen LogP contribution < -0.4 is 0 Å². The molecule has 0 amide bonds. The molecule has 0 N–H and O–H groups in total. The molecule has 0 heterocycles. The zero-order chi connectivity index (χ0) is 20.2. The van der Waals surface area contributed by atoms with Gasteiger partial charge < -0.3 is 14.2 Å². The van der Waals surface area contributed by atoms with Gasteiger partial charge in [-0.1, -0.05) is 65.2 Å². The molecule has 0 fully saturated rings. The highest BCUT2D eigenvalue weighted by molar-refractivity contribution is 5.91. The first kappa shape index (κ1) is 25.6. The molecular weight excluding hydrogens is 344 g/mol. The maximum atomic E-state index is 11.6. The molecule has 5 heteroatoms. The summed E-state index contributed by atoms with van der Waals surface area (Å²) in [6.07, 6.45) is 15.0. The number of unbranched alkanes of at least 4 members (excludes halogenated alkanes) is 8. The molecule has 0 aromatic carbocycles. The van der Waals surface area contributed by atoms with Crippen molar-refractivity contribution in [3.05, 3.63) is 12.2 Å². The highest BCUT2D eigenvalue weighted by atomic mass is 16.5. The minimum Gasteiger partial charge on any atom is -0.463 e. The molecule has 0 aliphatic carbocycles. The first-order chi connectivity index (χ1) is 13.1. The van der Waals surface area contributed by atoms with Gasteiger partial charge in [0.15, 0.2) is 0 Å². The van der Waals surface area contributed by atoms with Gasteiger partial charge >= 0.3 is 11.9 Å². The lowest BCUT2D eigenvalue weighted by molar-refractivity contribution is -0.140. The molecule has 0 aromatic heterocycles. The molecule has 158 valence electrons. The summed E-state index contributed by atoms with van der Waals surface area (Å²) in [7, 11) is 1.67. The molecule has 5 nitrogen and oxygen atoms in total. The van der Waals surface area contributed by atoms with Gasteiger partial charge in [-0.05, 0) is 25.2 Å². The molecule has 0 saturated carbocycles. The zero-order valence-electron chi connectivity index (χ0n) is 17.7. The summed E-state index contributed by atoms with van der Waals surface area (Å²) in [5.74, 6) is -0.558. The van der Waals surface area contributed by atoms with E-state index in [-0.39, 0.29) is 0 Å². The summed E-state index contributed by atoms with van der Waals surface area (Å²) in [5, 5.41) is 0. The second-order valence-corrected chi connectivity index (χ2v) is 7.17. The molecule has 1 unspecified atom stereocenters. The van der Waals surface area contributed by atoms with Crippen LogP contribution >= 0.6 is 0 Å². The Labute approximate surface area is 165 Å². The van der Waals surface area contributed by atoms with Gasteiger partial charge in [0.2, 0.25) is 0 Å². The van der Waals surface area contributed by atoms with E-state index in [1.807, 2.05) is 0 Å². The fraction of sp³-hybridized carbons (Fsp3) is 0.818. The summed E-state index contributed by atoms with van der Waals surface area (Å²) in [5.41, 5.74) is 0. The Kier molecular flexibility index (Phi) is 18.4. The molecule has 0 bridgehead atoms. The first-order valence-corrected chi connectivity index (χ1v) is 10.6. The molecular formula is C22H40O5. The van der Waals surface area contributed by atoms with E-state index in [1.165, 1.54) is 44.9 Å². The van der Waals surface area contributed by atoms with Crippen molar-refractivity contribution >= 4 is 11.9 Å². The van der Waals surface area contributed by atoms with Gasteiger partial charge in [-0.3, -0.25) is 0 Å². The molecule has 1 atom stereocenters. The van der Waals surface area contributed by atoms with Crippen LogP contribution in [0.4, 0.5) is 0 Å². The van der Waals surface area contributed by atoms with E-state index in [9.17, 15) is 9.59 Å². The van der Waals surface area contributed by atoms with E-state index in [2.05, 4.69) is 13.8 Å². The second kappa shape index (κ2) is 19.4. The molecule has 27 heavy (non-hydrogen) atoms. The van der Waals surface area contributed by atoms with Gasteiger partial charge in [-0.2, -0.15) is 0 Å². The Morgan fingerprint density at radius 1 is 0.741 bits per heavy atom. The quantitative estimate of drug-likeness (QED) is 0.184. The third kappa shape index (κ3) is 19.2. The van der Waals surface area contributed by atoms with Gasteiger partial charge in [0.25, 0.3) is 0 Å². The highest BCUT2D eigenvalue weighted by Crippen LogP contribution is 2.09. The van der Waals surface area contributed by atoms with E-state index in [0.29, 0.717) is 25.7 Å². The molecule has 0 aromatic rings. The van der Waals surface area contributed by atoms with Crippen LogP contribution in [-0.2, 0) is 23.8 Å². The number of ether oxygens (including phenoxy) is 3. The van der Waals surface area contributed by atoms with Crippen LogP contribution in [0.2, 0.25) is 0 Å². The van der Waals surface area contributed by atoms with Crippen molar-refractivity contribution in [2.24, 2.45) is 5.92 Å². The van der Waals surface area contributed by atoms with Gasteiger partial charge in [0.05, 0.1) is 13.2 Å². The number of carbonyl (C=O) groups excluding carboxylic acids is 2. The lowest BCUT2D eigenvalue weighted by Crippen LogP contribution is -2.09. The summed E-state index contributed by atoms with van der Waals surface area (Å²) >= 11 is 0. The van der Waals surface area contributed by atoms with E-state index in [4.69, 9.17) is 14.2 Å². The predicted molar refractivity (Wildman–Crippen MR) is 109 cm³/mol. The van der Waals surface area contributed by atoms with Crippen LogP contribution in [0.5, 0.6) is 0 Å². The van der Waals surface area contributed by atoms with Gasteiger partial charge in [0, 0.05) is 25.9 Å². The largest absolute Gasteiger partial charge is 0.463 e. The smallest absolute Gasteiger partial charge is 0.331 e. The second-order valence-electron chi connectivity index (χ2n) is 7.17. The lowest BCUT2D eigenvalue weighted by Gasteiger charge is -2.10. The first-order valence-electron chi connectivity index (χ1n) is 10.6. The number of rotatable bonds is 18. The highest BCUT2D eigenvalue weighted by Gasteiger charge is 2.05. The average molecular weight is 385 g/mol. The molecule has 0 rings (SSSR count). The Balaban J connectivity index is 3.53. The Bertz CT molecular complexity index is 392. The number of methoxy groups -OCH3 is 1. The number of esters is 2. The normalized spacial score (nSPS) is 12.3. The molecule has 0 spiro atoms. The maximum Gasteiger partial charge on any atom is 0.331 e. The third-order valence-electron chi connectivity index (χ3n) is 4.52. The lowest BCUT2D eigenvalue weighted by atomic mass is 10.1.